The van der Waals surface area contributed by atoms with Gasteiger partial charge in [0.05, 0.1) is 0 Å². The normalized spacial score (nSPS) is 10.6. The van der Waals surface area contributed by atoms with E-state index in [0.717, 1.165) is 12.5 Å². The predicted molar refractivity (Wildman–Crippen MR) is 94.1 cm³/mol. The first-order valence-corrected chi connectivity index (χ1v) is 10.6. The number of halogens is 1. The van der Waals surface area contributed by atoms with E-state index in [-0.39, 0.29) is 11.3 Å². The maximum atomic E-state index is 7.57. The van der Waals surface area contributed by atoms with Crippen LogP contribution >= 0.6 is 0 Å². The number of unbranched alkanes of at least 4 members (excludes halogenated alkanes) is 5. The van der Waals surface area contributed by atoms with Crippen molar-refractivity contribution in [1.82, 2.24) is 0 Å². The van der Waals surface area contributed by atoms with Gasteiger partial charge in [-0.2, -0.15) is 0 Å². The van der Waals surface area contributed by atoms with E-state index in [1.807, 2.05) is 20.8 Å². The molecule has 0 bridgehead atoms. The van der Waals surface area contributed by atoms with E-state index < -0.39 is 8.80 Å². The molecule has 0 aromatic heterocycles. The van der Waals surface area contributed by atoms with Crippen LogP contribution in [0.5, 0.6) is 0 Å². The molecule has 4 nitrogen and oxygen atoms in total. The molecule has 1 N–H and O–H groups in total. The Hall–Kier alpha value is -0.0131. The van der Waals surface area contributed by atoms with Crippen molar-refractivity contribution in [3.63, 3.8) is 0 Å². The van der Waals surface area contributed by atoms with E-state index in [9.17, 15) is 0 Å². The van der Waals surface area contributed by atoms with Crippen LogP contribution in [0.4, 0.5) is 4.70 Å². The topological polar surface area (TPSA) is 47.9 Å². The molecule has 0 amide bonds. The molecule has 0 radical (unpaired) electrons. The minimum absolute atomic E-state index is 0. The summed E-state index contributed by atoms with van der Waals surface area (Å²) >= 11 is 0. The number of aliphatic hydroxyl groups excluding tert-OH is 1. The van der Waals surface area contributed by atoms with Gasteiger partial charge in [-0.25, -0.2) is 0 Å². The first-order valence-electron chi connectivity index (χ1n) is 8.68. The van der Waals surface area contributed by atoms with Crippen molar-refractivity contribution in [2.75, 3.05) is 26.4 Å². The first kappa shape index (κ1) is 26.9. The van der Waals surface area contributed by atoms with E-state index in [2.05, 4.69) is 6.92 Å². The van der Waals surface area contributed by atoms with Gasteiger partial charge < -0.3 is 18.4 Å². The van der Waals surface area contributed by atoms with Gasteiger partial charge in [-0.05, 0) is 34.1 Å². The number of hydrogen-bond acceptors (Lipinski definition) is 4. The molecule has 0 rings (SSSR count). The second-order valence-electron chi connectivity index (χ2n) is 4.82. The zero-order valence-electron chi connectivity index (χ0n) is 15.4. The van der Waals surface area contributed by atoms with Crippen LogP contribution in [0.1, 0.15) is 73.1 Å². The molecule has 0 aliphatic heterocycles. The van der Waals surface area contributed by atoms with Gasteiger partial charge in [0, 0.05) is 32.5 Å². The Morgan fingerprint density at radius 1 is 0.682 bits per heavy atom. The fourth-order valence-corrected chi connectivity index (χ4v) is 4.81. The molecule has 6 heteroatoms. The molecule has 0 saturated heterocycles. The van der Waals surface area contributed by atoms with E-state index in [1.165, 1.54) is 32.1 Å². The van der Waals surface area contributed by atoms with Crippen LogP contribution in [-0.4, -0.2) is 40.3 Å². The van der Waals surface area contributed by atoms with Crippen molar-refractivity contribution in [3.8, 4) is 0 Å². The lowest BCUT2D eigenvalue weighted by atomic mass is 10.1. The SMILES string of the molecule is CCCCCCCC[Si](OCC)(OCC)OCC.CCO.F. The lowest BCUT2D eigenvalue weighted by molar-refractivity contribution is 0.0706. The Morgan fingerprint density at radius 2 is 1.05 bits per heavy atom. The minimum Gasteiger partial charge on any atom is -0.397 e. The summed E-state index contributed by atoms with van der Waals surface area (Å²) in [5, 5.41) is 7.57. The first-order chi connectivity index (χ1) is 10.2. The molecule has 0 aliphatic carbocycles. The molecule has 22 heavy (non-hydrogen) atoms. The van der Waals surface area contributed by atoms with Gasteiger partial charge in [0.2, 0.25) is 0 Å². The predicted octanol–water partition coefficient (Wildman–Crippen LogP) is 4.55. The van der Waals surface area contributed by atoms with Crippen LogP contribution in [0, 0.1) is 0 Å². The van der Waals surface area contributed by atoms with Gasteiger partial charge in [0.25, 0.3) is 0 Å². The fourth-order valence-electron chi connectivity index (χ4n) is 2.12. The highest BCUT2D eigenvalue weighted by Gasteiger charge is 2.39. The average molecular weight is 343 g/mol. The summed E-state index contributed by atoms with van der Waals surface area (Å²) < 4.78 is 17.5. The minimum atomic E-state index is -2.36. The smallest absolute Gasteiger partial charge is 0.397 e. The standard InChI is InChI=1S/C14H32O3Si.C2H6O.FH/c1-5-9-10-11-12-13-14-18(15-6-2,16-7-3)17-8-4;1-2-3;/h5-14H2,1-4H3;3H,2H2,1H3;1H. The zero-order valence-corrected chi connectivity index (χ0v) is 16.4. The summed E-state index contributed by atoms with van der Waals surface area (Å²) in [6, 6.07) is 0.967. The summed E-state index contributed by atoms with van der Waals surface area (Å²) in [6.45, 7) is 12.3. The molecule has 0 heterocycles. The summed E-state index contributed by atoms with van der Waals surface area (Å²) in [7, 11) is -2.36. The molecule has 0 aliphatic rings. The van der Waals surface area contributed by atoms with Gasteiger partial charge in [0.15, 0.2) is 0 Å². The summed E-state index contributed by atoms with van der Waals surface area (Å²) in [4.78, 5) is 0. The average Bonchev–Trinajstić information content (AvgIpc) is 2.44. The van der Waals surface area contributed by atoms with Crippen LogP contribution in [0.3, 0.4) is 0 Å². The van der Waals surface area contributed by atoms with Gasteiger partial charge in [0.1, 0.15) is 0 Å². The summed E-state index contributed by atoms with van der Waals surface area (Å²) in [6.07, 6.45) is 7.75. The van der Waals surface area contributed by atoms with Crippen molar-refractivity contribution < 1.29 is 23.1 Å². The Bertz CT molecular complexity index is 180. The third kappa shape index (κ3) is 16.4. The maximum absolute atomic E-state index is 7.57. The Morgan fingerprint density at radius 3 is 1.41 bits per heavy atom. The molecule has 0 saturated carbocycles. The third-order valence-electron chi connectivity index (χ3n) is 2.93. The van der Waals surface area contributed by atoms with E-state index in [0.29, 0.717) is 19.8 Å². The summed E-state index contributed by atoms with van der Waals surface area (Å²) in [5.74, 6) is 0. The second kappa shape index (κ2) is 21.0. The molecule has 0 aromatic carbocycles. The van der Waals surface area contributed by atoms with Crippen molar-refractivity contribution in [2.45, 2.75) is 79.2 Å². The molecule has 0 unspecified atom stereocenters. The van der Waals surface area contributed by atoms with E-state index in [4.69, 9.17) is 18.4 Å². The number of rotatable bonds is 13. The molecule has 138 valence electrons. The van der Waals surface area contributed by atoms with Crippen LogP contribution in [0.25, 0.3) is 0 Å². The molecular weight excluding hydrogens is 303 g/mol. The molecule has 0 atom stereocenters. The van der Waals surface area contributed by atoms with Crippen LogP contribution in [0.2, 0.25) is 6.04 Å². The third-order valence-corrected chi connectivity index (χ3v) is 6.08. The van der Waals surface area contributed by atoms with Crippen molar-refractivity contribution in [1.29, 1.82) is 0 Å². The lowest BCUT2D eigenvalue weighted by Crippen LogP contribution is -2.45. The van der Waals surface area contributed by atoms with Crippen LogP contribution < -0.4 is 0 Å². The maximum Gasteiger partial charge on any atom is 0.500 e. The zero-order chi connectivity index (χ0) is 16.4. The van der Waals surface area contributed by atoms with Gasteiger partial charge in [-0.3, -0.25) is 4.70 Å². The van der Waals surface area contributed by atoms with E-state index in [1.54, 1.807) is 6.92 Å². The van der Waals surface area contributed by atoms with Gasteiger partial charge >= 0.3 is 8.80 Å². The van der Waals surface area contributed by atoms with Crippen LogP contribution in [-0.2, 0) is 13.3 Å². The Kier molecular flexibility index (Phi) is 25.6. The largest absolute Gasteiger partial charge is 0.500 e. The number of aliphatic hydroxyl groups is 1. The van der Waals surface area contributed by atoms with Crippen molar-refractivity contribution in [3.05, 3.63) is 0 Å². The Balaban J connectivity index is -0.000000827. The highest BCUT2D eigenvalue weighted by molar-refractivity contribution is 6.60. The van der Waals surface area contributed by atoms with Gasteiger partial charge in [-0.1, -0.05) is 39.0 Å². The van der Waals surface area contributed by atoms with Gasteiger partial charge in [-0.15, -0.1) is 0 Å². The highest BCUT2D eigenvalue weighted by Crippen LogP contribution is 2.20. The quantitative estimate of drug-likeness (QED) is 0.394. The summed E-state index contributed by atoms with van der Waals surface area (Å²) in [5.41, 5.74) is 0. The van der Waals surface area contributed by atoms with Crippen LogP contribution in [0.15, 0.2) is 0 Å². The Labute approximate surface area is 138 Å². The highest BCUT2D eigenvalue weighted by atomic mass is 28.4. The second-order valence-corrected chi connectivity index (χ2v) is 7.55. The molecule has 0 fully saturated rings. The molecule has 0 spiro atoms. The monoisotopic (exact) mass is 342 g/mol. The van der Waals surface area contributed by atoms with E-state index >= 15 is 0 Å². The molecular formula is C16H39FO4Si. The van der Waals surface area contributed by atoms with Crippen molar-refractivity contribution in [2.24, 2.45) is 0 Å². The van der Waals surface area contributed by atoms with Crippen molar-refractivity contribution >= 4 is 8.80 Å². The molecule has 0 aromatic rings. The number of hydrogen-bond donors (Lipinski definition) is 1. The fraction of sp³-hybridized carbons (Fsp3) is 1.00. The lowest BCUT2D eigenvalue weighted by Gasteiger charge is -2.28.